The van der Waals surface area contributed by atoms with Crippen LogP contribution in [0.3, 0.4) is 0 Å². The Morgan fingerprint density at radius 1 is 1.19 bits per heavy atom. The van der Waals surface area contributed by atoms with Gasteiger partial charge in [0.2, 0.25) is 5.91 Å². The van der Waals surface area contributed by atoms with Crippen molar-refractivity contribution in [2.24, 2.45) is 0 Å². The lowest BCUT2D eigenvalue weighted by Gasteiger charge is -2.34. The Hall–Kier alpha value is -4.08. The first-order valence-corrected chi connectivity index (χ1v) is 12.4. The lowest BCUT2D eigenvalue weighted by Crippen LogP contribution is -2.48. The van der Waals surface area contributed by atoms with Crippen LogP contribution in [-0.2, 0) is 11.2 Å². The van der Waals surface area contributed by atoms with Crippen LogP contribution in [-0.4, -0.2) is 54.6 Å². The maximum absolute atomic E-state index is 12.8. The number of carbonyl (C=O) groups is 2. The number of carbonyl (C=O) groups excluding carboxylic acids is 2. The van der Waals surface area contributed by atoms with Crippen LogP contribution in [0.5, 0.6) is 0 Å². The molecular weight excluding hydrogens is 490 g/mol. The van der Waals surface area contributed by atoms with Crippen molar-refractivity contribution >= 4 is 34.6 Å². The Bertz CT molecular complexity index is 1550. The zero-order valence-electron chi connectivity index (χ0n) is 19.8. The molecule has 2 aliphatic heterocycles. The third-order valence-electron chi connectivity index (χ3n) is 7.12. The fourth-order valence-corrected chi connectivity index (χ4v) is 5.65. The molecule has 0 spiro atoms. The van der Waals surface area contributed by atoms with Crippen LogP contribution in [0.2, 0.25) is 5.02 Å². The topological polar surface area (TPSA) is 119 Å². The fraction of sp³-hybridized carbons (Fsp3) is 0.222. The summed E-state index contributed by atoms with van der Waals surface area (Å²) in [4.78, 5) is 41.0. The smallest absolute Gasteiger partial charge is 0.246 e. The van der Waals surface area contributed by atoms with Crippen LogP contribution in [0.25, 0.3) is 16.8 Å². The average molecular weight is 514 g/mol. The van der Waals surface area contributed by atoms with Gasteiger partial charge in [-0.1, -0.05) is 42.4 Å². The minimum atomic E-state index is -0.265. The van der Waals surface area contributed by atoms with Gasteiger partial charge in [-0.25, -0.2) is 9.97 Å². The first-order chi connectivity index (χ1) is 17.9. The van der Waals surface area contributed by atoms with E-state index < -0.39 is 0 Å². The van der Waals surface area contributed by atoms with Crippen molar-refractivity contribution < 1.29 is 9.59 Å². The first-order valence-electron chi connectivity index (χ1n) is 12.0. The molecule has 0 radical (unpaired) electrons. The normalized spacial score (nSPS) is 20.5. The number of piperazine rings is 1. The molecule has 3 N–H and O–H groups in total. The number of nitrogen functional groups attached to an aromatic ring is 1. The van der Waals surface area contributed by atoms with Crippen molar-refractivity contribution in [2.75, 3.05) is 12.3 Å². The minimum absolute atomic E-state index is 0.0653. The van der Waals surface area contributed by atoms with Crippen LogP contribution < -0.4 is 11.1 Å². The van der Waals surface area contributed by atoms with Crippen molar-refractivity contribution in [3.63, 3.8) is 0 Å². The lowest BCUT2D eigenvalue weighted by molar-refractivity contribution is -0.130. The van der Waals surface area contributed by atoms with Gasteiger partial charge in [-0.05, 0) is 24.6 Å². The van der Waals surface area contributed by atoms with Crippen LogP contribution in [0.4, 0.5) is 5.82 Å². The number of rotatable bonds is 6. The number of anilines is 1. The van der Waals surface area contributed by atoms with Crippen LogP contribution >= 0.6 is 11.6 Å². The second-order valence-electron chi connectivity index (χ2n) is 9.29. The molecule has 6 rings (SSSR count). The number of imidazole rings is 1. The van der Waals surface area contributed by atoms with E-state index in [0.717, 1.165) is 18.5 Å². The van der Waals surface area contributed by atoms with E-state index in [4.69, 9.17) is 22.3 Å². The van der Waals surface area contributed by atoms with Crippen LogP contribution in [0, 0.1) is 0 Å². The molecule has 2 fully saturated rings. The number of hydrogen-bond acceptors (Lipinski definition) is 7. The molecule has 10 heteroatoms. The Labute approximate surface area is 218 Å². The summed E-state index contributed by atoms with van der Waals surface area (Å²) in [5, 5.41) is 4.05. The van der Waals surface area contributed by atoms with E-state index in [1.165, 1.54) is 6.08 Å². The van der Waals surface area contributed by atoms with Gasteiger partial charge in [-0.15, -0.1) is 0 Å². The molecule has 2 bridgehead atoms. The Morgan fingerprint density at radius 2 is 2.00 bits per heavy atom. The Kier molecular flexibility index (Phi) is 5.73. The second kappa shape index (κ2) is 9.10. The van der Waals surface area contributed by atoms with Gasteiger partial charge in [0, 0.05) is 59.1 Å². The molecule has 5 heterocycles. The number of fused-ring (bicyclic) bond motifs is 3. The van der Waals surface area contributed by atoms with E-state index in [2.05, 4.69) is 21.9 Å². The summed E-state index contributed by atoms with van der Waals surface area (Å²) < 4.78 is 1.91. The molecule has 2 unspecified atom stereocenters. The summed E-state index contributed by atoms with van der Waals surface area (Å²) in [5.74, 6) is 0.864. The van der Waals surface area contributed by atoms with E-state index in [1.54, 1.807) is 36.7 Å². The monoisotopic (exact) mass is 513 g/mol. The van der Waals surface area contributed by atoms with Crippen molar-refractivity contribution in [3.05, 3.63) is 89.7 Å². The number of ketones is 1. The van der Waals surface area contributed by atoms with Gasteiger partial charge >= 0.3 is 0 Å². The number of pyridine rings is 1. The summed E-state index contributed by atoms with van der Waals surface area (Å²) in [7, 11) is 0. The van der Waals surface area contributed by atoms with E-state index in [1.807, 2.05) is 27.6 Å². The van der Waals surface area contributed by atoms with Crippen molar-refractivity contribution in [2.45, 2.75) is 31.0 Å². The molecule has 186 valence electrons. The minimum Gasteiger partial charge on any atom is -0.382 e. The van der Waals surface area contributed by atoms with Gasteiger partial charge in [-0.2, -0.15) is 0 Å². The predicted molar refractivity (Wildman–Crippen MR) is 140 cm³/mol. The molecule has 2 saturated heterocycles. The quantitative estimate of drug-likeness (QED) is 0.300. The second-order valence-corrected chi connectivity index (χ2v) is 9.73. The number of halogens is 1. The first kappa shape index (κ1) is 23.3. The highest BCUT2D eigenvalue weighted by Gasteiger charge is 2.50. The van der Waals surface area contributed by atoms with Crippen LogP contribution in [0.1, 0.15) is 34.3 Å². The fourth-order valence-electron chi connectivity index (χ4n) is 5.47. The number of benzene rings is 1. The molecular formula is C27H24ClN7O2. The third-order valence-corrected chi connectivity index (χ3v) is 7.36. The van der Waals surface area contributed by atoms with Crippen molar-refractivity contribution in [1.29, 1.82) is 0 Å². The van der Waals surface area contributed by atoms with Gasteiger partial charge in [0.1, 0.15) is 28.9 Å². The van der Waals surface area contributed by atoms with Crippen molar-refractivity contribution in [3.8, 4) is 11.3 Å². The van der Waals surface area contributed by atoms with Gasteiger partial charge in [0.15, 0.2) is 5.78 Å². The number of Topliss-reactive ketones (excluding diaryl/α,β-unsaturated/α-hetero) is 1. The van der Waals surface area contributed by atoms with Gasteiger partial charge < -0.3 is 16.0 Å². The molecule has 3 atom stereocenters. The summed E-state index contributed by atoms with van der Waals surface area (Å²) in [6.45, 7) is 4.44. The molecule has 1 amide bonds. The third kappa shape index (κ3) is 3.96. The standard InChI is InChI=1S/C27H24ClN7O2/c1-2-22(37)35-19-13-20(32-14-19)24(35)27-33-23(25-26(29)31-9-10-34(25)27)16-5-3-15(4-6-16)21(36)12-18-11-17(28)7-8-30-18/h2-11,19-20,24,32H,1,12-14H2,(H2,29,31)/t19?,20-,24?/m0/s1. The number of nitrogens with zero attached hydrogens (tertiary/aromatic N) is 5. The average Bonchev–Trinajstić information content (AvgIpc) is 3.62. The summed E-state index contributed by atoms with van der Waals surface area (Å²) >= 11 is 6.02. The Balaban J connectivity index is 1.37. The summed E-state index contributed by atoms with van der Waals surface area (Å²) in [5.41, 5.74) is 9.59. The maximum Gasteiger partial charge on any atom is 0.246 e. The van der Waals surface area contributed by atoms with E-state index in [9.17, 15) is 9.59 Å². The molecule has 0 aliphatic carbocycles. The van der Waals surface area contributed by atoms with E-state index in [-0.39, 0.29) is 36.2 Å². The highest BCUT2D eigenvalue weighted by Crippen LogP contribution is 2.42. The van der Waals surface area contributed by atoms with E-state index in [0.29, 0.717) is 39.1 Å². The zero-order chi connectivity index (χ0) is 25.7. The highest BCUT2D eigenvalue weighted by molar-refractivity contribution is 6.30. The Morgan fingerprint density at radius 3 is 2.76 bits per heavy atom. The number of hydrogen-bond donors (Lipinski definition) is 2. The SMILES string of the molecule is C=CC(=O)N1C2CN[C@@H](C2)C1c1nc(-c2ccc(C(=O)Cc3cc(Cl)ccn3)cc2)c2c(N)nccn12. The summed E-state index contributed by atoms with van der Waals surface area (Å²) in [6, 6.07) is 10.5. The molecule has 4 aromatic rings. The number of nitrogens with one attached hydrogen (secondary N) is 1. The van der Waals surface area contributed by atoms with Crippen molar-refractivity contribution in [1.82, 2.24) is 29.6 Å². The highest BCUT2D eigenvalue weighted by atomic mass is 35.5. The predicted octanol–water partition coefficient (Wildman–Crippen LogP) is 3.25. The zero-order valence-corrected chi connectivity index (χ0v) is 20.6. The molecule has 2 aliphatic rings. The van der Waals surface area contributed by atoms with Gasteiger partial charge in [0.05, 0.1) is 6.42 Å². The molecule has 37 heavy (non-hydrogen) atoms. The lowest BCUT2D eigenvalue weighted by atomic mass is 10.0. The van der Waals surface area contributed by atoms with E-state index >= 15 is 0 Å². The number of likely N-dealkylation sites (tertiary alicyclic amines) is 1. The largest absolute Gasteiger partial charge is 0.382 e. The molecule has 0 saturated carbocycles. The summed E-state index contributed by atoms with van der Waals surface area (Å²) in [6.07, 6.45) is 7.39. The molecule has 3 aromatic heterocycles. The number of aromatic nitrogens is 4. The van der Waals surface area contributed by atoms with Crippen LogP contribution in [0.15, 0.2) is 67.6 Å². The number of nitrogens with two attached hydrogens (primary N) is 1. The van der Waals surface area contributed by atoms with Gasteiger partial charge in [-0.3, -0.25) is 19.0 Å². The van der Waals surface area contributed by atoms with Gasteiger partial charge in [0.25, 0.3) is 0 Å². The molecule has 9 nitrogen and oxygen atoms in total. The number of amides is 1. The maximum atomic E-state index is 12.8. The molecule has 1 aromatic carbocycles.